The summed E-state index contributed by atoms with van der Waals surface area (Å²) >= 11 is 0. The van der Waals surface area contributed by atoms with Crippen LogP contribution in [0.2, 0.25) is 0 Å². The molecule has 0 bridgehead atoms. The van der Waals surface area contributed by atoms with Crippen molar-refractivity contribution in [3.05, 3.63) is 0 Å². The Morgan fingerprint density at radius 1 is 1.40 bits per heavy atom. The molecule has 0 saturated carbocycles. The van der Waals surface area contributed by atoms with Crippen molar-refractivity contribution in [1.29, 1.82) is 0 Å². The lowest BCUT2D eigenvalue weighted by Gasteiger charge is -2.23. The molecular formula is C9H21N. The van der Waals surface area contributed by atoms with Gasteiger partial charge in [-0.2, -0.15) is 0 Å². The minimum Gasteiger partial charge on any atom is -0.328 e. The molecule has 2 N–H and O–H groups in total. The Bertz CT molecular complexity index is 84.7. The van der Waals surface area contributed by atoms with Gasteiger partial charge in [-0.05, 0) is 25.2 Å². The van der Waals surface area contributed by atoms with Crippen molar-refractivity contribution < 1.29 is 0 Å². The smallest absolute Gasteiger partial charge is 0.00106 e. The lowest BCUT2D eigenvalue weighted by atomic mass is 9.84. The fourth-order valence-electron chi connectivity index (χ4n) is 0.795. The van der Waals surface area contributed by atoms with Crippen LogP contribution in [0.15, 0.2) is 0 Å². The van der Waals surface area contributed by atoms with Gasteiger partial charge >= 0.3 is 0 Å². The van der Waals surface area contributed by atoms with Crippen LogP contribution in [0.4, 0.5) is 0 Å². The lowest BCUT2D eigenvalue weighted by molar-refractivity contribution is 0.304. The van der Waals surface area contributed by atoms with Gasteiger partial charge in [0.15, 0.2) is 0 Å². The molecular weight excluding hydrogens is 122 g/mol. The van der Waals surface area contributed by atoms with Crippen LogP contribution in [0.5, 0.6) is 0 Å². The van der Waals surface area contributed by atoms with Crippen LogP contribution in [0.25, 0.3) is 0 Å². The van der Waals surface area contributed by atoms with Gasteiger partial charge in [0.25, 0.3) is 0 Å². The van der Waals surface area contributed by atoms with E-state index in [2.05, 4.69) is 27.7 Å². The molecule has 0 spiro atoms. The zero-order valence-electron chi connectivity index (χ0n) is 7.78. The second-order valence-electron chi connectivity index (χ2n) is 4.03. The molecule has 0 aliphatic rings. The number of hydrogen-bond donors (Lipinski definition) is 1. The highest BCUT2D eigenvalue weighted by Crippen LogP contribution is 2.26. The Hall–Kier alpha value is -0.0400. The molecule has 0 fully saturated rings. The van der Waals surface area contributed by atoms with Gasteiger partial charge in [0, 0.05) is 6.04 Å². The Kier molecular flexibility index (Phi) is 3.95. The SMILES string of the molecule is CCC(C)(C)CCC(C)N. The predicted molar refractivity (Wildman–Crippen MR) is 47.0 cm³/mol. The van der Waals surface area contributed by atoms with Crippen LogP contribution in [0, 0.1) is 5.41 Å². The van der Waals surface area contributed by atoms with Crippen LogP contribution < -0.4 is 5.73 Å². The van der Waals surface area contributed by atoms with E-state index in [-0.39, 0.29) is 0 Å². The van der Waals surface area contributed by atoms with Gasteiger partial charge in [0.05, 0.1) is 0 Å². The maximum Gasteiger partial charge on any atom is 0.00106 e. The van der Waals surface area contributed by atoms with Gasteiger partial charge in [-0.25, -0.2) is 0 Å². The highest BCUT2D eigenvalue weighted by atomic mass is 14.6. The molecule has 0 aliphatic carbocycles. The van der Waals surface area contributed by atoms with Gasteiger partial charge in [-0.1, -0.05) is 27.2 Å². The van der Waals surface area contributed by atoms with E-state index in [1.165, 1.54) is 12.8 Å². The van der Waals surface area contributed by atoms with Crippen molar-refractivity contribution in [2.45, 2.75) is 53.0 Å². The number of nitrogens with two attached hydrogens (primary N) is 1. The van der Waals surface area contributed by atoms with Gasteiger partial charge in [0.1, 0.15) is 0 Å². The Morgan fingerprint density at radius 3 is 2.20 bits per heavy atom. The quantitative estimate of drug-likeness (QED) is 0.643. The van der Waals surface area contributed by atoms with Crippen LogP contribution >= 0.6 is 0 Å². The molecule has 1 atom stereocenters. The highest BCUT2D eigenvalue weighted by Gasteiger charge is 2.14. The maximum absolute atomic E-state index is 5.65. The second kappa shape index (κ2) is 3.97. The van der Waals surface area contributed by atoms with E-state index in [1.54, 1.807) is 0 Å². The van der Waals surface area contributed by atoms with E-state index in [1.807, 2.05) is 0 Å². The van der Waals surface area contributed by atoms with E-state index in [9.17, 15) is 0 Å². The molecule has 0 rings (SSSR count). The molecule has 0 aromatic carbocycles. The molecule has 0 aromatic heterocycles. The summed E-state index contributed by atoms with van der Waals surface area (Å²) in [5.41, 5.74) is 6.15. The van der Waals surface area contributed by atoms with E-state index < -0.39 is 0 Å². The fourth-order valence-corrected chi connectivity index (χ4v) is 0.795. The van der Waals surface area contributed by atoms with Crippen LogP contribution in [-0.4, -0.2) is 6.04 Å². The molecule has 0 amide bonds. The first-order valence-electron chi connectivity index (χ1n) is 4.23. The van der Waals surface area contributed by atoms with E-state index >= 15 is 0 Å². The summed E-state index contributed by atoms with van der Waals surface area (Å²) in [4.78, 5) is 0. The Balaban J connectivity index is 3.46. The zero-order valence-corrected chi connectivity index (χ0v) is 7.78. The van der Waals surface area contributed by atoms with Crippen LogP contribution in [0.1, 0.15) is 47.0 Å². The molecule has 0 aliphatic heterocycles. The van der Waals surface area contributed by atoms with E-state index in [4.69, 9.17) is 5.73 Å². The van der Waals surface area contributed by atoms with Crippen molar-refractivity contribution in [3.63, 3.8) is 0 Å². The molecule has 0 aromatic rings. The third-order valence-corrected chi connectivity index (χ3v) is 2.23. The molecule has 62 valence electrons. The number of hydrogen-bond acceptors (Lipinski definition) is 1. The first-order valence-corrected chi connectivity index (χ1v) is 4.23. The minimum atomic E-state index is 0.367. The van der Waals surface area contributed by atoms with Crippen LogP contribution in [-0.2, 0) is 0 Å². The highest BCUT2D eigenvalue weighted by molar-refractivity contribution is 4.68. The van der Waals surface area contributed by atoms with Crippen LogP contribution in [0.3, 0.4) is 0 Å². The van der Waals surface area contributed by atoms with Gasteiger partial charge in [-0.3, -0.25) is 0 Å². The average molecular weight is 143 g/mol. The van der Waals surface area contributed by atoms with Crippen molar-refractivity contribution in [3.8, 4) is 0 Å². The Labute approximate surface area is 65.0 Å². The maximum atomic E-state index is 5.65. The van der Waals surface area contributed by atoms with Crippen molar-refractivity contribution >= 4 is 0 Å². The van der Waals surface area contributed by atoms with Crippen molar-refractivity contribution in [1.82, 2.24) is 0 Å². The molecule has 1 unspecified atom stereocenters. The molecule has 0 radical (unpaired) electrons. The zero-order chi connectivity index (χ0) is 8.20. The molecule has 10 heavy (non-hydrogen) atoms. The predicted octanol–water partition coefficient (Wildman–Crippen LogP) is 2.55. The summed E-state index contributed by atoms with van der Waals surface area (Å²) in [6.45, 7) is 8.91. The van der Waals surface area contributed by atoms with Crippen molar-refractivity contribution in [2.24, 2.45) is 11.1 Å². The summed E-state index contributed by atoms with van der Waals surface area (Å²) in [6.07, 6.45) is 3.65. The summed E-state index contributed by atoms with van der Waals surface area (Å²) < 4.78 is 0. The Morgan fingerprint density at radius 2 is 1.90 bits per heavy atom. The summed E-state index contributed by atoms with van der Waals surface area (Å²) in [5, 5.41) is 0. The normalized spacial score (nSPS) is 15.3. The monoisotopic (exact) mass is 143 g/mol. The van der Waals surface area contributed by atoms with E-state index in [0.717, 1.165) is 6.42 Å². The molecule has 1 nitrogen and oxygen atoms in total. The molecule has 1 heteroatoms. The summed E-state index contributed by atoms with van der Waals surface area (Å²) in [7, 11) is 0. The largest absolute Gasteiger partial charge is 0.328 e. The summed E-state index contributed by atoms with van der Waals surface area (Å²) in [5.74, 6) is 0. The second-order valence-corrected chi connectivity index (χ2v) is 4.03. The van der Waals surface area contributed by atoms with E-state index in [0.29, 0.717) is 11.5 Å². The molecule has 0 heterocycles. The third-order valence-electron chi connectivity index (χ3n) is 2.23. The number of rotatable bonds is 4. The molecule has 0 saturated heterocycles. The van der Waals surface area contributed by atoms with Gasteiger partial charge in [0.2, 0.25) is 0 Å². The topological polar surface area (TPSA) is 26.0 Å². The first-order chi connectivity index (χ1) is 4.48. The summed E-state index contributed by atoms with van der Waals surface area (Å²) in [6, 6.07) is 0.367. The first kappa shape index (κ1) is 9.96. The lowest BCUT2D eigenvalue weighted by Crippen LogP contribution is -2.19. The van der Waals surface area contributed by atoms with Crippen molar-refractivity contribution in [2.75, 3.05) is 0 Å². The fraction of sp³-hybridized carbons (Fsp3) is 1.00. The minimum absolute atomic E-state index is 0.367. The van der Waals surface area contributed by atoms with Gasteiger partial charge < -0.3 is 5.73 Å². The average Bonchev–Trinajstić information content (AvgIpc) is 1.85. The standard InChI is InChI=1S/C9H21N/c1-5-9(3,4)7-6-8(2)10/h8H,5-7,10H2,1-4H3. The third kappa shape index (κ3) is 4.80. The van der Waals surface area contributed by atoms with Gasteiger partial charge in [-0.15, -0.1) is 0 Å².